The van der Waals surface area contributed by atoms with Crippen LogP contribution >= 0.6 is 0 Å². The molecule has 0 amide bonds. The molecule has 0 aromatic heterocycles. The monoisotopic (exact) mass is 246 g/mol. The molecule has 0 atom stereocenters. The van der Waals surface area contributed by atoms with E-state index in [1.807, 2.05) is 0 Å². The molecule has 2 rings (SSSR count). The molecule has 1 fully saturated rings. The van der Waals surface area contributed by atoms with Crippen LogP contribution < -0.4 is 0 Å². The van der Waals surface area contributed by atoms with Gasteiger partial charge in [0.2, 0.25) is 0 Å². The molecule has 1 aromatic rings. The van der Waals surface area contributed by atoms with Crippen molar-refractivity contribution < 1.29 is 5.11 Å². The van der Waals surface area contributed by atoms with E-state index in [-0.39, 0.29) is 0 Å². The first-order chi connectivity index (χ1) is 8.54. The lowest BCUT2D eigenvalue weighted by atomic mass is 9.74. The van der Waals surface area contributed by atoms with E-state index in [4.69, 9.17) is 0 Å². The van der Waals surface area contributed by atoms with Crippen LogP contribution in [0.25, 0.3) is 0 Å². The van der Waals surface area contributed by atoms with Gasteiger partial charge in [-0.1, -0.05) is 31.5 Å². The van der Waals surface area contributed by atoms with Crippen LogP contribution in [0.15, 0.2) is 18.2 Å². The van der Waals surface area contributed by atoms with Crippen LogP contribution in [0, 0.1) is 19.8 Å². The summed E-state index contributed by atoms with van der Waals surface area (Å²) >= 11 is 0. The van der Waals surface area contributed by atoms with Crippen molar-refractivity contribution in [2.24, 2.45) is 5.92 Å². The van der Waals surface area contributed by atoms with E-state index >= 15 is 0 Å². The second-order valence-corrected chi connectivity index (χ2v) is 6.12. The van der Waals surface area contributed by atoms with Crippen molar-refractivity contribution >= 4 is 0 Å². The fourth-order valence-electron chi connectivity index (χ4n) is 3.26. The predicted octanol–water partition coefficient (Wildman–Crippen LogP) is 4.18. The van der Waals surface area contributed by atoms with Gasteiger partial charge in [0, 0.05) is 6.42 Å². The first-order valence-corrected chi connectivity index (χ1v) is 7.31. The Hall–Kier alpha value is -0.820. The minimum absolute atomic E-state index is 0.456. The summed E-state index contributed by atoms with van der Waals surface area (Å²) in [6.07, 6.45) is 6.43. The molecular formula is C17H26O. The summed E-state index contributed by atoms with van der Waals surface area (Å²) in [5, 5.41) is 10.8. The van der Waals surface area contributed by atoms with Gasteiger partial charge in [-0.05, 0) is 62.1 Å². The van der Waals surface area contributed by atoms with Crippen molar-refractivity contribution in [3.8, 4) is 0 Å². The molecule has 100 valence electrons. The molecule has 0 radical (unpaired) electrons. The zero-order valence-corrected chi connectivity index (χ0v) is 12.0. The van der Waals surface area contributed by atoms with Crippen molar-refractivity contribution in [2.45, 2.75) is 64.9 Å². The van der Waals surface area contributed by atoms with Crippen LogP contribution in [0.3, 0.4) is 0 Å². The second-order valence-electron chi connectivity index (χ2n) is 6.12. The standard InChI is InChI=1S/C17H26O/c1-4-15-8-10-17(18,11-9-15)12-16-13(2)6-5-7-14(16)3/h5-7,15,18H,4,8-12H2,1-3H3. The second kappa shape index (κ2) is 5.44. The SMILES string of the molecule is CCC1CCC(O)(Cc2c(C)cccc2C)CC1. The van der Waals surface area contributed by atoms with Crippen LogP contribution in [0.1, 0.15) is 55.7 Å². The van der Waals surface area contributed by atoms with E-state index in [0.717, 1.165) is 25.2 Å². The average molecular weight is 246 g/mol. The molecule has 1 aromatic carbocycles. The van der Waals surface area contributed by atoms with Gasteiger partial charge in [0.15, 0.2) is 0 Å². The summed E-state index contributed by atoms with van der Waals surface area (Å²) in [6, 6.07) is 6.42. The van der Waals surface area contributed by atoms with Crippen molar-refractivity contribution in [3.05, 3.63) is 34.9 Å². The summed E-state index contributed by atoms with van der Waals surface area (Å²) in [5.74, 6) is 0.836. The van der Waals surface area contributed by atoms with Gasteiger partial charge in [-0.15, -0.1) is 0 Å². The number of rotatable bonds is 3. The van der Waals surface area contributed by atoms with E-state index in [1.165, 1.54) is 36.0 Å². The van der Waals surface area contributed by atoms with Gasteiger partial charge in [-0.2, -0.15) is 0 Å². The van der Waals surface area contributed by atoms with E-state index in [0.29, 0.717) is 0 Å². The van der Waals surface area contributed by atoms with Crippen molar-refractivity contribution in [2.75, 3.05) is 0 Å². The highest BCUT2D eigenvalue weighted by molar-refractivity contribution is 5.34. The van der Waals surface area contributed by atoms with Gasteiger partial charge in [0.1, 0.15) is 0 Å². The van der Waals surface area contributed by atoms with Crippen LogP contribution in [0.4, 0.5) is 0 Å². The summed E-state index contributed by atoms with van der Waals surface area (Å²) in [6.45, 7) is 6.58. The molecule has 1 aliphatic rings. The van der Waals surface area contributed by atoms with E-state index in [1.54, 1.807) is 0 Å². The molecule has 1 nitrogen and oxygen atoms in total. The molecule has 1 N–H and O–H groups in total. The summed E-state index contributed by atoms with van der Waals surface area (Å²) in [4.78, 5) is 0. The predicted molar refractivity (Wildman–Crippen MR) is 76.8 cm³/mol. The molecule has 0 aliphatic heterocycles. The molecule has 0 saturated heterocycles. The van der Waals surface area contributed by atoms with Crippen molar-refractivity contribution in [1.29, 1.82) is 0 Å². The molecule has 18 heavy (non-hydrogen) atoms. The highest BCUT2D eigenvalue weighted by atomic mass is 16.3. The first kappa shape index (κ1) is 13.6. The Morgan fingerprint density at radius 2 is 1.72 bits per heavy atom. The molecule has 0 heterocycles. The van der Waals surface area contributed by atoms with Crippen LogP contribution in [-0.2, 0) is 6.42 Å². The third-order valence-electron chi connectivity index (χ3n) is 4.76. The Morgan fingerprint density at radius 3 is 2.22 bits per heavy atom. The maximum absolute atomic E-state index is 10.8. The largest absolute Gasteiger partial charge is 0.390 e. The van der Waals surface area contributed by atoms with Crippen LogP contribution in [0.2, 0.25) is 0 Å². The van der Waals surface area contributed by atoms with Crippen LogP contribution in [-0.4, -0.2) is 10.7 Å². The van der Waals surface area contributed by atoms with Gasteiger partial charge >= 0.3 is 0 Å². The Balaban J connectivity index is 2.09. The number of hydrogen-bond acceptors (Lipinski definition) is 1. The quantitative estimate of drug-likeness (QED) is 0.848. The topological polar surface area (TPSA) is 20.2 Å². The fraction of sp³-hybridized carbons (Fsp3) is 0.647. The Morgan fingerprint density at radius 1 is 1.17 bits per heavy atom. The maximum Gasteiger partial charge on any atom is 0.0688 e. The third-order valence-corrected chi connectivity index (χ3v) is 4.76. The summed E-state index contributed by atoms with van der Waals surface area (Å²) in [7, 11) is 0. The minimum Gasteiger partial charge on any atom is -0.390 e. The normalized spacial score (nSPS) is 28.3. The fourth-order valence-corrected chi connectivity index (χ4v) is 3.26. The number of aliphatic hydroxyl groups is 1. The Bertz CT molecular complexity index is 380. The lowest BCUT2D eigenvalue weighted by molar-refractivity contribution is -0.00945. The molecule has 1 heteroatoms. The number of benzene rings is 1. The van der Waals surface area contributed by atoms with E-state index in [9.17, 15) is 5.11 Å². The number of aryl methyl sites for hydroxylation is 2. The molecule has 0 bridgehead atoms. The first-order valence-electron chi connectivity index (χ1n) is 7.31. The molecule has 0 unspecified atom stereocenters. The Labute approximate surface area is 111 Å². The van der Waals surface area contributed by atoms with Gasteiger partial charge in [-0.25, -0.2) is 0 Å². The van der Waals surface area contributed by atoms with E-state index < -0.39 is 5.60 Å². The molecular weight excluding hydrogens is 220 g/mol. The van der Waals surface area contributed by atoms with Gasteiger partial charge in [0.05, 0.1) is 5.60 Å². The van der Waals surface area contributed by atoms with E-state index in [2.05, 4.69) is 39.0 Å². The zero-order chi connectivity index (χ0) is 13.2. The third kappa shape index (κ3) is 2.95. The highest BCUT2D eigenvalue weighted by Crippen LogP contribution is 2.36. The Kier molecular flexibility index (Phi) is 4.11. The van der Waals surface area contributed by atoms with Crippen molar-refractivity contribution in [3.63, 3.8) is 0 Å². The summed E-state index contributed by atoms with van der Waals surface area (Å²) in [5.41, 5.74) is 3.54. The lowest BCUT2D eigenvalue weighted by Gasteiger charge is -2.36. The van der Waals surface area contributed by atoms with Crippen molar-refractivity contribution in [1.82, 2.24) is 0 Å². The van der Waals surface area contributed by atoms with Gasteiger partial charge in [0.25, 0.3) is 0 Å². The average Bonchev–Trinajstić information content (AvgIpc) is 2.35. The molecule has 1 aliphatic carbocycles. The summed E-state index contributed by atoms with van der Waals surface area (Å²) < 4.78 is 0. The highest BCUT2D eigenvalue weighted by Gasteiger charge is 2.33. The van der Waals surface area contributed by atoms with Crippen LogP contribution in [0.5, 0.6) is 0 Å². The van der Waals surface area contributed by atoms with Gasteiger partial charge in [-0.3, -0.25) is 0 Å². The van der Waals surface area contributed by atoms with Gasteiger partial charge < -0.3 is 5.11 Å². The smallest absolute Gasteiger partial charge is 0.0688 e. The number of hydrogen-bond donors (Lipinski definition) is 1. The zero-order valence-electron chi connectivity index (χ0n) is 12.0. The lowest BCUT2D eigenvalue weighted by Crippen LogP contribution is -2.36. The molecule has 0 spiro atoms. The maximum atomic E-state index is 10.8. The minimum atomic E-state index is -0.456. The molecule has 1 saturated carbocycles.